The Labute approximate surface area is 220 Å². The summed E-state index contributed by atoms with van der Waals surface area (Å²) in [5, 5.41) is 5.65. The number of hydrogen-bond acceptors (Lipinski definition) is 6. The second-order valence-corrected chi connectivity index (χ2v) is 12.2. The topological polar surface area (TPSA) is 103 Å². The third kappa shape index (κ3) is 5.88. The van der Waals surface area contributed by atoms with E-state index in [1.165, 1.54) is 6.92 Å². The van der Waals surface area contributed by atoms with E-state index in [-0.39, 0.29) is 36.1 Å². The van der Waals surface area contributed by atoms with Crippen LogP contribution in [0.1, 0.15) is 72.8 Å². The molecule has 1 aromatic carbocycles. The summed E-state index contributed by atoms with van der Waals surface area (Å²) >= 11 is 0. The van der Waals surface area contributed by atoms with Gasteiger partial charge in [0.25, 0.3) is 0 Å². The summed E-state index contributed by atoms with van der Waals surface area (Å²) in [6.07, 6.45) is 2.48. The van der Waals surface area contributed by atoms with Crippen LogP contribution in [0.4, 0.5) is 0 Å². The monoisotopic (exact) mass is 512 g/mol. The van der Waals surface area contributed by atoms with Crippen molar-refractivity contribution in [3.05, 3.63) is 35.9 Å². The van der Waals surface area contributed by atoms with Crippen molar-refractivity contribution >= 4 is 24.9 Å². The van der Waals surface area contributed by atoms with Crippen LogP contribution in [0, 0.1) is 23.2 Å². The molecular formula is C28H41BN2O6. The van der Waals surface area contributed by atoms with Gasteiger partial charge in [-0.3, -0.25) is 14.4 Å². The fourth-order valence-electron chi connectivity index (χ4n) is 6.52. The Kier molecular flexibility index (Phi) is 8.05. The molecule has 3 saturated carbocycles. The van der Waals surface area contributed by atoms with Crippen molar-refractivity contribution in [1.29, 1.82) is 0 Å². The van der Waals surface area contributed by atoms with E-state index in [9.17, 15) is 14.4 Å². The highest BCUT2D eigenvalue weighted by molar-refractivity contribution is 6.48. The zero-order chi connectivity index (χ0) is 27.0. The maximum Gasteiger partial charge on any atom is 0.481 e. The molecule has 2 bridgehead atoms. The van der Waals surface area contributed by atoms with E-state index in [2.05, 4.69) is 45.3 Å². The fourth-order valence-corrected chi connectivity index (χ4v) is 6.52. The second kappa shape index (κ2) is 10.8. The lowest BCUT2D eigenvalue weighted by Crippen LogP contribution is -2.65. The highest BCUT2D eigenvalue weighted by Gasteiger charge is 2.68. The molecule has 0 unspecified atom stereocenters. The predicted molar refractivity (Wildman–Crippen MR) is 140 cm³/mol. The molecule has 0 aromatic heterocycles. The van der Waals surface area contributed by atoms with E-state index in [4.69, 9.17) is 14.0 Å². The average Bonchev–Trinajstić information content (AvgIpc) is 3.19. The molecule has 3 aliphatic carbocycles. The minimum atomic E-state index is -1.05. The van der Waals surface area contributed by atoms with Crippen molar-refractivity contribution < 1.29 is 28.4 Å². The minimum absolute atomic E-state index is 0.0000508. The smallest absolute Gasteiger partial charge is 0.461 e. The van der Waals surface area contributed by atoms with Gasteiger partial charge in [-0.2, -0.15) is 0 Å². The highest BCUT2D eigenvalue weighted by atomic mass is 16.7. The van der Waals surface area contributed by atoms with Crippen LogP contribution in [0.15, 0.2) is 30.3 Å². The highest BCUT2D eigenvalue weighted by Crippen LogP contribution is 2.65. The van der Waals surface area contributed by atoms with Gasteiger partial charge in [-0.15, -0.1) is 0 Å². The lowest BCUT2D eigenvalue weighted by Gasteiger charge is -2.64. The fraction of sp³-hybridized carbons (Fsp3) is 0.679. The Balaban J connectivity index is 1.41. The number of hydrogen-bond donors (Lipinski definition) is 2. The molecule has 0 radical (unpaired) electrons. The van der Waals surface area contributed by atoms with Gasteiger partial charge in [-0.25, -0.2) is 0 Å². The Hall–Kier alpha value is -2.39. The molecule has 4 fully saturated rings. The summed E-state index contributed by atoms with van der Waals surface area (Å²) in [7, 11) is -0.584. The van der Waals surface area contributed by atoms with E-state index < -0.39 is 36.9 Å². The molecule has 202 valence electrons. The van der Waals surface area contributed by atoms with Gasteiger partial charge in [-0.05, 0) is 54.9 Å². The number of carbonyl (C=O) groups excluding carboxylic acids is 3. The number of nitrogens with one attached hydrogen (secondary N) is 2. The van der Waals surface area contributed by atoms with Crippen molar-refractivity contribution in [3.63, 3.8) is 0 Å². The molecule has 1 heterocycles. The molecule has 37 heavy (non-hydrogen) atoms. The van der Waals surface area contributed by atoms with Gasteiger partial charge in [0.2, 0.25) is 11.8 Å². The second-order valence-electron chi connectivity index (χ2n) is 12.2. The van der Waals surface area contributed by atoms with Crippen molar-refractivity contribution in [2.24, 2.45) is 23.2 Å². The first-order valence-corrected chi connectivity index (χ1v) is 13.5. The van der Waals surface area contributed by atoms with Gasteiger partial charge < -0.3 is 24.7 Å². The number of benzene rings is 1. The normalized spacial score (nSPS) is 29.1. The van der Waals surface area contributed by atoms with Crippen LogP contribution in [0.3, 0.4) is 0 Å². The average molecular weight is 512 g/mol. The molecule has 9 heteroatoms. The summed E-state index contributed by atoms with van der Waals surface area (Å²) in [5.41, 5.74) is 0.679. The van der Waals surface area contributed by atoms with E-state index in [1.54, 1.807) is 0 Å². The van der Waals surface area contributed by atoms with Gasteiger partial charge >= 0.3 is 13.1 Å². The van der Waals surface area contributed by atoms with Crippen LogP contribution in [0.2, 0.25) is 0 Å². The van der Waals surface area contributed by atoms with Crippen LogP contribution < -0.4 is 10.6 Å². The number of ether oxygens (including phenoxy) is 1. The lowest BCUT2D eigenvalue weighted by atomic mass is 9.43. The van der Waals surface area contributed by atoms with Gasteiger partial charge in [0, 0.05) is 6.92 Å². The molecule has 6 atom stereocenters. The molecule has 4 aliphatic rings. The third-order valence-corrected chi connectivity index (χ3v) is 8.66. The number of esters is 1. The van der Waals surface area contributed by atoms with Gasteiger partial charge in [-0.1, -0.05) is 58.0 Å². The number of rotatable bonds is 10. The Morgan fingerprint density at radius 1 is 1.11 bits per heavy atom. The Bertz CT molecular complexity index is 1000. The lowest BCUT2D eigenvalue weighted by molar-refractivity contribution is -0.199. The van der Waals surface area contributed by atoms with Gasteiger partial charge in [0.15, 0.2) is 0 Å². The van der Waals surface area contributed by atoms with Crippen LogP contribution in [-0.4, -0.2) is 48.6 Å². The zero-order valence-electron chi connectivity index (χ0n) is 22.9. The quantitative estimate of drug-likeness (QED) is 0.368. The Morgan fingerprint density at radius 2 is 1.81 bits per heavy atom. The number of amides is 2. The molecular weight excluding hydrogens is 471 g/mol. The predicted octanol–water partition coefficient (Wildman–Crippen LogP) is 3.42. The minimum Gasteiger partial charge on any atom is -0.461 e. The summed E-state index contributed by atoms with van der Waals surface area (Å²) in [5.74, 6) is -0.510. The molecule has 0 spiro atoms. The van der Waals surface area contributed by atoms with Crippen molar-refractivity contribution in [2.45, 2.75) is 97.5 Å². The summed E-state index contributed by atoms with van der Waals surface area (Å²) < 4.78 is 18.4. The van der Waals surface area contributed by atoms with Crippen LogP contribution >= 0.6 is 0 Å². The first-order chi connectivity index (χ1) is 17.4. The first kappa shape index (κ1) is 27.6. The SMILES string of the molecule is CC(=O)N[C@@H](CC(=O)OCc1ccccc1)C(=O)N[C@@H](CC(C)C)B1O[C@@H]2C[C@@H]3C[C@@H](C3(C)C)[C@]2(C)O1. The summed E-state index contributed by atoms with van der Waals surface area (Å²) in [6.45, 7) is 12.4. The molecule has 1 saturated heterocycles. The number of carbonyl (C=O) groups is 3. The van der Waals surface area contributed by atoms with E-state index in [0.717, 1.165) is 18.4 Å². The van der Waals surface area contributed by atoms with Gasteiger partial charge in [0.05, 0.1) is 24.1 Å². The van der Waals surface area contributed by atoms with Crippen LogP contribution in [-0.2, 0) is 35.0 Å². The summed E-state index contributed by atoms with van der Waals surface area (Å²) in [4.78, 5) is 37.8. The molecule has 8 nitrogen and oxygen atoms in total. The van der Waals surface area contributed by atoms with Crippen molar-refractivity contribution in [3.8, 4) is 0 Å². The van der Waals surface area contributed by atoms with Crippen molar-refractivity contribution in [2.75, 3.05) is 0 Å². The third-order valence-electron chi connectivity index (χ3n) is 8.66. The molecule has 2 amide bonds. The first-order valence-electron chi connectivity index (χ1n) is 13.5. The van der Waals surface area contributed by atoms with E-state index >= 15 is 0 Å². The Morgan fingerprint density at radius 3 is 2.43 bits per heavy atom. The summed E-state index contributed by atoms with van der Waals surface area (Å²) in [6, 6.07) is 8.26. The molecule has 1 aliphatic heterocycles. The zero-order valence-corrected chi connectivity index (χ0v) is 22.9. The maximum atomic E-state index is 13.4. The largest absolute Gasteiger partial charge is 0.481 e. The van der Waals surface area contributed by atoms with Crippen LogP contribution in [0.25, 0.3) is 0 Å². The van der Waals surface area contributed by atoms with E-state index in [1.807, 2.05) is 30.3 Å². The van der Waals surface area contributed by atoms with Crippen LogP contribution in [0.5, 0.6) is 0 Å². The van der Waals surface area contributed by atoms with Crippen molar-refractivity contribution in [1.82, 2.24) is 10.6 Å². The standard InChI is InChI=1S/C28H41BN2O6/c1-17(2)12-24(29-36-23-14-20-13-22(27(20,4)5)28(23,6)37-29)31-26(34)21(30-18(3)32)15-25(33)35-16-19-10-8-7-9-11-19/h7-11,17,20-24H,12-16H2,1-6H3,(H,30,32)(H,31,34)/t20-,21-,22-,23+,24-,28-/m0/s1. The molecule has 1 aromatic rings. The molecule has 5 rings (SSSR count). The maximum absolute atomic E-state index is 13.4. The van der Waals surface area contributed by atoms with Gasteiger partial charge in [0.1, 0.15) is 12.6 Å². The van der Waals surface area contributed by atoms with E-state index in [0.29, 0.717) is 18.3 Å². The molecule has 2 N–H and O–H groups in total.